The van der Waals surface area contributed by atoms with Crippen LogP contribution in [0, 0.1) is 29.6 Å². The average molecular weight is 1280 g/mol. The number of ether oxygens (including phenoxy) is 1. The van der Waals surface area contributed by atoms with Crippen molar-refractivity contribution >= 4 is 86.5 Å². The summed E-state index contributed by atoms with van der Waals surface area (Å²) in [6.07, 6.45) is 5.11. The Morgan fingerprint density at radius 1 is 0.843 bits per heavy atom. The molecule has 0 saturated carbocycles. The molecular weight excluding hydrogens is 1190 g/mol. The van der Waals surface area contributed by atoms with Crippen molar-refractivity contribution < 1.29 is 74.6 Å². The van der Waals surface area contributed by atoms with Crippen LogP contribution in [0.5, 0.6) is 5.75 Å². The lowest BCUT2D eigenvalue weighted by atomic mass is 9.83. The van der Waals surface area contributed by atoms with E-state index in [1.807, 2.05) is 34.7 Å². The van der Waals surface area contributed by atoms with Crippen molar-refractivity contribution in [2.75, 3.05) is 60.4 Å². The molecule has 89 heavy (non-hydrogen) atoms. The highest BCUT2D eigenvalue weighted by atomic mass is 32.3. The number of piperidine rings is 1. The van der Waals surface area contributed by atoms with Gasteiger partial charge >= 0.3 is 16.4 Å². The van der Waals surface area contributed by atoms with Gasteiger partial charge in [-0.2, -0.15) is 8.42 Å². The van der Waals surface area contributed by atoms with Gasteiger partial charge in [0, 0.05) is 121 Å². The number of amides is 8. The van der Waals surface area contributed by atoms with E-state index in [-0.39, 0.29) is 142 Å². The zero-order valence-electron chi connectivity index (χ0n) is 53.1. The number of Topliss-reactive ketones (excluding diaryl/α,β-unsaturated/α-hetero) is 2. The summed E-state index contributed by atoms with van der Waals surface area (Å²) in [7, 11) is 0.105. The third-order valence-corrected chi connectivity index (χ3v) is 18.6. The number of hydrogen-bond acceptors (Lipinski definition) is 18. The summed E-state index contributed by atoms with van der Waals surface area (Å²) < 4.78 is 42.9. The first-order valence-corrected chi connectivity index (χ1v) is 33.0. The van der Waals surface area contributed by atoms with Crippen LogP contribution in [0.4, 0.5) is 0 Å². The van der Waals surface area contributed by atoms with Crippen LogP contribution < -0.4 is 15.2 Å². The van der Waals surface area contributed by atoms with E-state index in [0.717, 1.165) is 46.9 Å². The van der Waals surface area contributed by atoms with E-state index < -0.39 is 106 Å². The minimum Gasteiger partial charge on any atom is -0.455 e. The summed E-state index contributed by atoms with van der Waals surface area (Å²) in [6.45, 7) is 14.1. The minimum absolute atomic E-state index is 0.00339. The first kappa shape index (κ1) is 72.8. The number of hydrogen-bond donors (Lipinski definition) is 3. The molecule has 0 radical (unpaired) electrons. The molecule has 0 spiro atoms. The van der Waals surface area contributed by atoms with Crippen LogP contribution in [-0.2, 0) is 69.5 Å². The molecule has 1 aromatic carbocycles. The van der Waals surface area contributed by atoms with Gasteiger partial charge in [0.2, 0.25) is 29.5 Å². The van der Waals surface area contributed by atoms with Gasteiger partial charge in [-0.15, -0.1) is 11.3 Å². The van der Waals surface area contributed by atoms with E-state index in [1.165, 1.54) is 55.8 Å². The Labute approximate surface area is 526 Å². The average Bonchev–Trinajstić information content (AvgIpc) is 3.18. The molecule has 3 aliphatic heterocycles. The standard InChI is InChI=1S/C62H91N9O16S2/c1-11-40(6)45(35-51(74)47-18-14-15-27-66(47)8)60(80)67(9)48(38(2)3)36-52(86-41(7)72)59-64-46(37-88-59)61(81)68(10)49(33-42-21-23-44(24-22-42)87-89(83,84)85)50(73)34-43(17-12-13-19-53(63)75)58(79)65-57(39(4)5)62(82)70-31-29-69(30-32-70)54(76)20-16-28-71-55(77)25-26-56(71)78/h21-26,37-40,43,45,47-49,52,57H,11-20,27-36H2,1-10H3,(H2,63,75)(H,65,79)(H,83,84,85)/t40-,43+,45?,47?,48+,49-,52+,57-/m0/s1. The highest BCUT2D eigenvalue weighted by Crippen LogP contribution is 2.34. The molecule has 492 valence electrons. The molecule has 2 aromatic rings. The number of likely N-dealkylation sites (N-methyl/N-ethyl adjacent to an activating group) is 2. The van der Waals surface area contributed by atoms with E-state index in [2.05, 4.69) is 19.4 Å². The second kappa shape index (κ2) is 33.7. The minimum atomic E-state index is -4.90. The lowest BCUT2D eigenvalue weighted by Gasteiger charge is -2.37. The highest BCUT2D eigenvalue weighted by Gasteiger charge is 2.40. The summed E-state index contributed by atoms with van der Waals surface area (Å²) in [5.41, 5.74) is 5.73. The fourth-order valence-corrected chi connectivity index (χ4v) is 12.9. The summed E-state index contributed by atoms with van der Waals surface area (Å²) in [6, 6.07) is 2.15. The summed E-state index contributed by atoms with van der Waals surface area (Å²) in [5, 5.41) is 4.57. The van der Waals surface area contributed by atoms with Crippen LogP contribution in [0.25, 0.3) is 0 Å². The molecule has 25 nitrogen and oxygen atoms in total. The van der Waals surface area contributed by atoms with E-state index >= 15 is 4.79 Å². The van der Waals surface area contributed by atoms with Gasteiger partial charge in [0.05, 0.1) is 12.1 Å². The van der Waals surface area contributed by atoms with Gasteiger partial charge in [-0.1, -0.05) is 72.9 Å². The van der Waals surface area contributed by atoms with Crippen LogP contribution in [0.15, 0.2) is 41.8 Å². The normalized spacial score (nSPS) is 18.0. The third kappa shape index (κ3) is 21.3. The summed E-state index contributed by atoms with van der Waals surface area (Å²) >= 11 is 1.03. The number of ketones is 2. The molecule has 5 rings (SSSR count). The molecule has 4 N–H and O–H groups in total. The number of likely N-dealkylation sites (tertiary alicyclic amines) is 1. The number of nitrogens with zero attached hydrogens (tertiary/aromatic N) is 7. The van der Waals surface area contributed by atoms with Crippen molar-refractivity contribution in [2.24, 2.45) is 35.3 Å². The van der Waals surface area contributed by atoms with Crippen molar-refractivity contribution in [1.29, 1.82) is 0 Å². The molecule has 0 aliphatic carbocycles. The Kier molecular flexibility index (Phi) is 27.6. The number of aromatic nitrogens is 1. The van der Waals surface area contributed by atoms with Crippen LogP contribution in [0.3, 0.4) is 0 Å². The van der Waals surface area contributed by atoms with Gasteiger partial charge in [0.15, 0.2) is 17.7 Å². The van der Waals surface area contributed by atoms with Gasteiger partial charge in [-0.05, 0) is 87.6 Å². The van der Waals surface area contributed by atoms with Crippen molar-refractivity contribution in [3.05, 3.63) is 58.1 Å². The number of piperazine rings is 1. The second-order valence-electron chi connectivity index (χ2n) is 24.4. The number of esters is 1. The zero-order chi connectivity index (χ0) is 66.0. The lowest BCUT2D eigenvalue weighted by Crippen LogP contribution is -2.57. The Morgan fingerprint density at radius 2 is 1.48 bits per heavy atom. The quantitative estimate of drug-likeness (QED) is 0.0369. The maximum atomic E-state index is 15.0. The van der Waals surface area contributed by atoms with Gasteiger partial charge in [-0.25, -0.2) is 4.98 Å². The number of unbranched alkanes of at least 4 members (excludes halogenated alkanes) is 1. The van der Waals surface area contributed by atoms with Crippen LogP contribution in [0.1, 0.15) is 159 Å². The summed E-state index contributed by atoms with van der Waals surface area (Å²) in [5.74, 6) is -7.56. The highest BCUT2D eigenvalue weighted by molar-refractivity contribution is 7.81. The Bertz CT molecular complexity index is 2980. The van der Waals surface area contributed by atoms with Crippen molar-refractivity contribution in [1.82, 2.24) is 39.7 Å². The smallest absolute Gasteiger partial charge is 0.446 e. The molecule has 8 amide bonds. The SMILES string of the molecule is CC[C@H](C)C(CC(=O)C1CCCCN1C)C(=O)N(C)[C@H](C[C@@H](OC(C)=O)c1nc(C(=O)N(C)[C@@H](Cc2ccc(OS(=O)(=O)O)cc2)C(=O)C[C@@H](CCCCC(N)=O)C(=O)N[C@H](C(=O)N2CCN(C(=O)CCCN3C(=O)C=CC3=O)CC2)C(C)C)cs1)C(C)C. The largest absolute Gasteiger partial charge is 0.455 e. The number of carbonyl (C=O) groups excluding carboxylic acids is 11. The van der Waals surface area contributed by atoms with Crippen molar-refractivity contribution in [3.8, 4) is 5.75 Å². The van der Waals surface area contributed by atoms with Crippen LogP contribution >= 0.6 is 11.3 Å². The zero-order valence-corrected chi connectivity index (χ0v) is 54.7. The lowest BCUT2D eigenvalue weighted by molar-refractivity contribution is -0.150. The van der Waals surface area contributed by atoms with E-state index in [4.69, 9.17) is 10.5 Å². The number of rotatable bonds is 34. The molecule has 4 heterocycles. The second-order valence-corrected chi connectivity index (χ2v) is 26.3. The number of primary amides is 1. The Hall–Kier alpha value is -6.97. The fourth-order valence-electron chi connectivity index (χ4n) is 11.7. The molecule has 2 saturated heterocycles. The molecule has 8 atom stereocenters. The van der Waals surface area contributed by atoms with Gasteiger partial charge in [-0.3, -0.25) is 67.1 Å². The topological polar surface area (TPSA) is 331 Å². The van der Waals surface area contributed by atoms with Crippen molar-refractivity contribution in [2.45, 2.75) is 169 Å². The monoisotopic (exact) mass is 1280 g/mol. The number of benzene rings is 1. The van der Waals surface area contributed by atoms with Crippen LogP contribution in [-0.4, -0.2) is 197 Å². The molecule has 0 bridgehead atoms. The predicted molar refractivity (Wildman–Crippen MR) is 329 cm³/mol. The molecule has 3 aliphatic rings. The van der Waals surface area contributed by atoms with Gasteiger partial charge in [0.1, 0.15) is 22.5 Å². The first-order chi connectivity index (χ1) is 41.9. The van der Waals surface area contributed by atoms with Crippen molar-refractivity contribution in [3.63, 3.8) is 0 Å². The molecule has 2 fully saturated rings. The number of nitrogens with one attached hydrogen (secondary N) is 1. The fraction of sp³-hybridized carbons (Fsp3) is 0.645. The Balaban J connectivity index is 1.38. The van der Waals surface area contributed by atoms with Crippen LogP contribution in [0.2, 0.25) is 0 Å². The Morgan fingerprint density at radius 3 is 2.06 bits per heavy atom. The number of carbonyl (C=O) groups is 11. The third-order valence-electron chi connectivity index (χ3n) is 17.2. The first-order valence-electron chi connectivity index (χ1n) is 30.8. The molecule has 27 heteroatoms. The predicted octanol–water partition coefficient (Wildman–Crippen LogP) is 4.73. The van der Waals surface area contributed by atoms with E-state index in [9.17, 15) is 60.9 Å². The summed E-state index contributed by atoms with van der Waals surface area (Å²) in [4.78, 5) is 162. The number of nitrogens with two attached hydrogens (primary N) is 1. The number of imide groups is 1. The van der Waals surface area contributed by atoms with E-state index in [1.54, 1.807) is 35.6 Å². The van der Waals surface area contributed by atoms with E-state index in [0.29, 0.717) is 12.0 Å². The molecule has 1 aromatic heterocycles. The number of thiazole rings is 1. The maximum absolute atomic E-state index is 15.0. The maximum Gasteiger partial charge on any atom is 0.446 e. The van der Waals surface area contributed by atoms with Gasteiger partial charge in [0.25, 0.3) is 17.7 Å². The molecular formula is C62H91N9O16S2. The molecule has 2 unspecified atom stereocenters. The van der Waals surface area contributed by atoms with Gasteiger partial charge < -0.3 is 39.6 Å².